The molecular weight excluding hydrogens is 172 g/mol. The topological polar surface area (TPSA) is 45.8 Å². The number of carbonyl (C=O) groups is 1. The Morgan fingerprint density at radius 1 is 1.50 bits per heavy atom. The second kappa shape index (κ2) is 2.79. The molecule has 0 fully saturated rings. The van der Waals surface area contributed by atoms with Gasteiger partial charge in [0, 0.05) is 11.3 Å². The Kier molecular flexibility index (Phi) is 1.77. The van der Waals surface area contributed by atoms with E-state index >= 15 is 0 Å². The highest BCUT2D eigenvalue weighted by molar-refractivity contribution is 7.71. The van der Waals surface area contributed by atoms with Gasteiger partial charge in [0.2, 0.25) is 0 Å². The molecule has 0 atom stereocenters. The van der Waals surface area contributed by atoms with Crippen LogP contribution >= 0.6 is 12.2 Å². The smallest absolute Gasteiger partial charge is 0.197 e. The van der Waals surface area contributed by atoms with Crippen LogP contribution in [0.25, 0.3) is 0 Å². The number of aromatic amines is 1. The monoisotopic (exact) mass is 180 g/mol. The number of aromatic nitrogens is 2. The minimum absolute atomic E-state index is 0.415. The van der Waals surface area contributed by atoms with Crippen LogP contribution in [0.1, 0.15) is 28.2 Å². The largest absolute Gasteiger partial charge is 0.334 e. The molecule has 2 rings (SSSR count). The molecule has 0 aromatic carbocycles. The van der Waals surface area contributed by atoms with E-state index in [0.29, 0.717) is 10.5 Å². The van der Waals surface area contributed by atoms with Gasteiger partial charge >= 0.3 is 0 Å². The molecule has 0 unspecified atom stereocenters. The molecule has 62 valence electrons. The van der Waals surface area contributed by atoms with Crippen molar-refractivity contribution in [2.75, 3.05) is 0 Å². The highest BCUT2D eigenvalue weighted by atomic mass is 32.1. The lowest BCUT2D eigenvalue weighted by molar-refractivity contribution is 0.111. The number of hydrogen-bond donors (Lipinski definition) is 1. The zero-order chi connectivity index (χ0) is 8.55. The lowest BCUT2D eigenvalue weighted by Gasteiger charge is -2.00. The standard InChI is InChI=1S/C8H8N2OS/c11-4-7-5-2-1-3-6(5)9-8(12)10-7/h4H,1-3H2,(H,9,10,12). The van der Waals surface area contributed by atoms with E-state index in [2.05, 4.69) is 9.97 Å². The van der Waals surface area contributed by atoms with E-state index in [4.69, 9.17) is 12.2 Å². The van der Waals surface area contributed by atoms with Crippen molar-refractivity contribution in [3.05, 3.63) is 21.7 Å². The third-order valence-electron chi connectivity index (χ3n) is 2.12. The summed E-state index contributed by atoms with van der Waals surface area (Å²) in [6.07, 6.45) is 3.81. The highest BCUT2D eigenvalue weighted by Gasteiger charge is 2.15. The molecule has 12 heavy (non-hydrogen) atoms. The minimum atomic E-state index is 0.415. The Morgan fingerprint density at radius 3 is 3.08 bits per heavy atom. The molecule has 1 aromatic rings. The van der Waals surface area contributed by atoms with E-state index in [-0.39, 0.29) is 0 Å². The number of nitrogens with zero attached hydrogens (tertiary/aromatic N) is 1. The molecule has 1 N–H and O–H groups in total. The van der Waals surface area contributed by atoms with Crippen molar-refractivity contribution in [1.82, 2.24) is 9.97 Å². The molecule has 0 bridgehead atoms. The van der Waals surface area contributed by atoms with Gasteiger partial charge in [0.15, 0.2) is 11.1 Å². The first-order valence-electron chi connectivity index (χ1n) is 3.88. The van der Waals surface area contributed by atoms with E-state index < -0.39 is 0 Å². The van der Waals surface area contributed by atoms with E-state index in [1.807, 2.05) is 0 Å². The van der Waals surface area contributed by atoms with Crippen molar-refractivity contribution in [3.8, 4) is 0 Å². The first-order chi connectivity index (χ1) is 5.81. The quantitative estimate of drug-likeness (QED) is 0.525. The summed E-state index contributed by atoms with van der Waals surface area (Å²) in [5, 5.41) is 0. The molecule has 0 saturated heterocycles. The summed E-state index contributed by atoms with van der Waals surface area (Å²) in [5.74, 6) is 0. The van der Waals surface area contributed by atoms with Crippen molar-refractivity contribution in [3.63, 3.8) is 0 Å². The molecule has 0 amide bonds. The lowest BCUT2D eigenvalue weighted by Crippen LogP contribution is -1.99. The van der Waals surface area contributed by atoms with Crippen LogP contribution in [-0.2, 0) is 12.8 Å². The molecule has 1 aromatic heterocycles. The molecule has 1 heterocycles. The Hall–Kier alpha value is -1.03. The molecule has 0 spiro atoms. The molecule has 4 heteroatoms. The Labute approximate surface area is 74.8 Å². The van der Waals surface area contributed by atoms with Crippen molar-refractivity contribution in [2.45, 2.75) is 19.3 Å². The first kappa shape index (κ1) is 7.61. The van der Waals surface area contributed by atoms with Crippen LogP contribution in [0.4, 0.5) is 0 Å². The van der Waals surface area contributed by atoms with Crippen LogP contribution < -0.4 is 0 Å². The van der Waals surface area contributed by atoms with Gasteiger partial charge in [-0.2, -0.15) is 0 Å². The Bertz CT molecular complexity index is 383. The van der Waals surface area contributed by atoms with E-state index in [1.54, 1.807) is 0 Å². The van der Waals surface area contributed by atoms with Crippen LogP contribution in [0.15, 0.2) is 0 Å². The second-order valence-electron chi connectivity index (χ2n) is 2.86. The molecule has 1 aliphatic rings. The number of carbonyl (C=O) groups excluding carboxylic acids is 1. The van der Waals surface area contributed by atoms with Gasteiger partial charge < -0.3 is 4.98 Å². The summed E-state index contributed by atoms with van der Waals surface area (Å²) in [5.41, 5.74) is 2.67. The summed E-state index contributed by atoms with van der Waals surface area (Å²) in [4.78, 5) is 17.6. The van der Waals surface area contributed by atoms with E-state index in [9.17, 15) is 4.79 Å². The van der Waals surface area contributed by atoms with Crippen LogP contribution in [0.5, 0.6) is 0 Å². The van der Waals surface area contributed by atoms with E-state index in [1.165, 1.54) is 0 Å². The summed E-state index contributed by atoms with van der Waals surface area (Å²) in [6.45, 7) is 0. The molecule has 0 aliphatic heterocycles. The van der Waals surface area contributed by atoms with Gasteiger partial charge in [0.05, 0.1) is 0 Å². The van der Waals surface area contributed by atoms with Crippen molar-refractivity contribution < 1.29 is 4.79 Å². The number of nitrogens with one attached hydrogen (secondary N) is 1. The number of rotatable bonds is 1. The second-order valence-corrected chi connectivity index (χ2v) is 3.24. The van der Waals surface area contributed by atoms with Crippen molar-refractivity contribution in [2.24, 2.45) is 0 Å². The maximum atomic E-state index is 10.6. The summed E-state index contributed by atoms with van der Waals surface area (Å²) in [6, 6.07) is 0. The Morgan fingerprint density at radius 2 is 2.33 bits per heavy atom. The zero-order valence-corrected chi connectivity index (χ0v) is 7.28. The van der Waals surface area contributed by atoms with Gasteiger partial charge in [-0.05, 0) is 31.5 Å². The van der Waals surface area contributed by atoms with Crippen LogP contribution in [0, 0.1) is 4.77 Å². The van der Waals surface area contributed by atoms with Crippen molar-refractivity contribution >= 4 is 18.5 Å². The van der Waals surface area contributed by atoms with Gasteiger partial charge in [-0.25, -0.2) is 4.98 Å². The maximum Gasteiger partial charge on any atom is 0.197 e. The van der Waals surface area contributed by atoms with Gasteiger partial charge in [0.1, 0.15) is 5.69 Å². The number of fused-ring (bicyclic) bond motifs is 1. The zero-order valence-electron chi connectivity index (χ0n) is 6.46. The van der Waals surface area contributed by atoms with Crippen LogP contribution in [-0.4, -0.2) is 16.3 Å². The van der Waals surface area contributed by atoms with Gasteiger partial charge in [-0.1, -0.05) is 0 Å². The van der Waals surface area contributed by atoms with Gasteiger partial charge in [0.25, 0.3) is 0 Å². The number of aldehydes is 1. The summed E-state index contributed by atoms with van der Waals surface area (Å²) < 4.78 is 0.415. The van der Waals surface area contributed by atoms with Gasteiger partial charge in [-0.3, -0.25) is 4.79 Å². The molecule has 3 nitrogen and oxygen atoms in total. The average Bonchev–Trinajstić information content (AvgIpc) is 2.50. The van der Waals surface area contributed by atoms with Crippen LogP contribution in [0.3, 0.4) is 0 Å². The minimum Gasteiger partial charge on any atom is -0.334 e. The number of H-pyrrole nitrogens is 1. The highest BCUT2D eigenvalue weighted by Crippen LogP contribution is 2.20. The first-order valence-corrected chi connectivity index (χ1v) is 4.29. The molecular formula is C8H8N2OS. The average molecular weight is 180 g/mol. The third-order valence-corrected chi connectivity index (χ3v) is 2.31. The molecule has 0 radical (unpaired) electrons. The fourth-order valence-electron chi connectivity index (χ4n) is 1.60. The lowest BCUT2D eigenvalue weighted by atomic mass is 10.2. The maximum absolute atomic E-state index is 10.6. The number of aryl methyl sites for hydroxylation is 1. The van der Waals surface area contributed by atoms with E-state index in [0.717, 1.165) is 36.8 Å². The fourth-order valence-corrected chi connectivity index (χ4v) is 1.82. The van der Waals surface area contributed by atoms with Crippen molar-refractivity contribution in [1.29, 1.82) is 0 Å². The summed E-state index contributed by atoms with van der Waals surface area (Å²) >= 11 is 4.88. The SMILES string of the molecule is O=Cc1nc(=S)[nH]c2c1CCC2. The predicted octanol–water partition coefficient (Wildman–Crippen LogP) is 1.44. The predicted molar refractivity (Wildman–Crippen MR) is 46.8 cm³/mol. The fraction of sp³-hybridized carbons (Fsp3) is 0.375. The number of hydrogen-bond acceptors (Lipinski definition) is 3. The van der Waals surface area contributed by atoms with Crippen LogP contribution in [0.2, 0.25) is 0 Å². The third kappa shape index (κ3) is 1.08. The molecule has 0 saturated carbocycles. The Balaban J connectivity index is 2.70. The normalized spacial score (nSPS) is 14.3. The summed E-state index contributed by atoms with van der Waals surface area (Å²) in [7, 11) is 0. The van der Waals surface area contributed by atoms with Gasteiger partial charge in [-0.15, -0.1) is 0 Å². The molecule has 1 aliphatic carbocycles.